The predicted molar refractivity (Wildman–Crippen MR) is 79.3 cm³/mol. The molecule has 0 aromatic heterocycles. The number of rotatable bonds is 6. The molecule has 1 unspecified atom stereocenters. The average Bonchev–Trinajstić information content (AvgIpc) is 2.38. The summed E-state index contributed by atoms with van der Waals surface area (Å²) in [5.41, 5.74) is -0.347. The molecule has 1 rings (SSSR count). The summed E-state index contributed by atoms with van der Waals surface area (Å²) in [6.45, 7) is 7.33. The summed E-state index contributed by atoms with van der Waals surface area (Å²) in [6, 6.07) is 0.0823. The summed E-state index contributed by atoms with van der Waals surface area (Å²) in [6.07, 6.45) is 3.81. The second-order valence-electron chi connectivity index (χ2n) is 5.96. The fourth-order valence-corrected chi connectivity index (χ4v) is 4.39. The van der Waals surface area contributed by atoms with Crippen molar-refractivity contribution >= 4 is 10.2 Å². The SMILES string of the molecule is CCC(C)(C)N(C)S(=O)(=O)N1CCCCC1CNC. The van der Waals surface area contributed by atoms with E-state index in [9.17, 15) is 8.42 Å². The zero-order chi connectivity index (χ0) is 14.7. The second kappa shape index (κ2) is 6.52. The van der Waals surface area contributed by atoms with Crippen LogP contribution < -0.4 is 5.32 Å². The monoisotopic (exact) mass is 291 g/mol. The highest BCUT2D eigenvalue weighted by molar-refractivity contribution is 7.86. The van der Waals surface area contributed by atoms with Crippen molar-refractivity contribution in [2.75, 3.05) is 27.2 Å². The van der Waals surface area contributed by atoms with Crippen molar-refractivity contribution in [3.05, 3.63) is 0 Å². The van der Waals surface area contributed by atoms with Crippen molar-refractivity contribution in [2.45, 2.75) is 58.0 Å². The number of hydrogen-bond acceptors (Lipinski definition) is 3. The number of piperidine rings is 1. The molecule has 0 saturated carbocycles. The van der Waals surface area contributed by atoms with Crippen LogP contribution in [0.2, 0.25) is 0 Å². The van der Waals surface area contributed by atoms with Crippen LogP contribution in [0.1, 0.15) is 46.5 Å². The average molecular weight is 291 g/mol. The quantitative estimate of drug-likeness (QED) is 0.805. The van der Waals surface area contributed by atoms with E-state index in [2.05, 4.69) is 5.32 Å². The van der Waals surface area contributed by atoms with Gasteiger partial charge in [0, 0.05) is 31.7 Å². The summed E-state index contributed by atoms with van der Waals surface area (Å²) < 4.78 is 28.8. The second-order valence-corrected chi connectivity index (χ2v) is 7.87. The summed E-state index contributed by atoms with van der Waals surface area (Å²) in [7, 11) is 0.196. The van der Waals surface area contributed by atoms with Crippen molar-refractivity contribution in [3.8, 4) is 0 Å². The Balaban J connectivity index is 2.96. The smallest absolute Gasteiger partial charge is 0.282 e. The molecule has 1 aliphatic heterocycles. The third kappa shape index (κ3) is 3.68. The van der Waals surface area contributed by atoms with Gasteiger partial charge in [-0.2, -0.15) is 17.0 Å². The zero-order valence-corrected chi connectivity index (χ0v) is 13.8. The van der Waals surface area contributed by atoms with Gasteiger partial charge in [-0.05, 0) is 40.2 Å². The Morgan fingerprint density at radius 2 is 2.00 bits per heavy atom. The Morgan fingerprint density at radius 3 is 2.53 bits per heavy atom. The summed E-state index contributed by atoms with van der Waals surface area (Å²) in [4.78, 5) is 0. The Bertz CT molecular complexity index is 379. The van der Waals surface area contributed by atoms with Crippen LogP contribution >= 0.6 is 0 Å². The molecule has 0 aromatic rings. The van der Waals surface area contributed by atoms with E-state index in [1.54, 1.807) is 11.4 Å². The molecule has 6 heteroatoms. The van der Waals surface area contributed by atoms with Gasteiger partial charge in [0.15, 0.2) is 0 Å². The first-order valence-electron chi connectivity index (χ1n) is 7.17. The minimum Gasteiger partial charge on any atom is -0.318 e. The molecule has 1 N–H and O–H groups in total. The first kappa shape index (κ1) is 16.9. The van der Waals surface area contributed by atoms with Crippen molar-refractivity contribution in [1.29, 1.82) is 0 Å². The number of nitrogens with zero attached hydrogens (tertiary/aromatic N) is 2. The highest BCUT2D eigenvalue weighted by atomic mass is 32.2. The van der Waals surface area contributed by atoms with E-state index in [-0.39, 0.29) is 11.6 Å². The molecule has 1 heterocycles. The van der Waals surface area contributed by atoms with E-state index in [1.807, 2.05) is 27.8 Å². The van der Waals surface area contributed by atoms with Crippen LogP contribution in [-0.4, -0.2) is 55.8 Å². The van der Waals surface area contributed by atoms with E-state index in [1.165, 1.54) is 4.31 Å². The highest BCUT2D eigenvalue weighted by Gasteiger charge is 2.39. The van der Waals surface area contributed by atoms with Gasteiger partial charge in [0.2, 0.25) is 0 Å². The van der Waals surface area contributed by atoms with Gasteiger partial charge in [-0.3, -0.25) is 0 Å². The fourth-order valence-electron chi connectivity index (χ4n) is 2.41. The van der Waals surface area contributed by atoms with E-state index in [0.717, 1.165) is 32.2 Å². The number of hydrogen-bond donors (Lipinski definition) is 1. The number of nitrogens with one attached hydrogen (secondary N) is 1. The van der Waals surface area contributed by atoms with Crippen LogP contribution in [0.3, 0.4) is 0 Å². The van der Waals surface area contributed by atoms with E-state index >= 15 is 0 Å². The first-order chi connectivity index (χ1) is 8.77. The summed E-state index contributed by atoms with van der Waals surface area (Å²) >= 11 is 0. The Kier molecular flexibility index (Phi) is 5.79. The Morgan fingerprint density at radius 1 is 1.37 bits per heavy atom. The molecule has 1 atom stereocenters. The maximum atomic E-state index is 12.8. The van der Waals surface area contributed by atoms with Gasteiger partial charge in [-0.15, -0.1) is 0 Å². The van der Waals surface area contributed by atoms with E-state index in [4.69, 9.17) is 0 Å². The molecule has 0 aliphatic carbocycles. The van der Waals surface area contributed by atoms with Gasteiger partial charge >= 0.3 is 0 Å². The third-order valence-corrected chi connectivity index (χ3v) is 6.63. The lowest BCUT2D eigenvalue weighted by atomic mass is 10.0. The maximum absolute atomic E-state index is 12.8. The molecule has 0 bridgehead atoms. The third-order valence-electron chi connectivity index (χ3n) is 4.37. The lowest BCUT2D eigenvalue weighted by Crippen LogP contribution is -2.56. The zero-order valence-electron chi connectivity index (χ0n) is 12.9. The molecule has 0 amide bonds. The van der Waals surface area contributed by atoms with Gasteiger partial charge in [0.25, 0.3) is 10.2 Å². The number of likely N-dealkylation sites (N-methyl/N-ethyl adjacent to an activating group) is 1. The van der Waals surface area contributed by atoms with Crippen molar-refractivity contribution in [3.63, 3.8) is 0 Å². The molecule has 1 saturated heterocycles. The molecule has 0 spiro atoms. The largest absolute Gasteiger partial charge is 0.318 e. The molecular weight excluding hydrogens is 262 g/mol. The summed E-state index contributed by atoms with van der Waals surface area (Å²) in [5.74, 6) is 0. The van der Waals surface area contributed by atoms with E-state index < -0.39 is 10.2 Å². The maximum Gasteiger partial charge on any atom is 0.282 e. The molecule has 19 heavy (non-hydrogen) atoms. The van der Waals surface area contributed by atoms with Crippen LogP contribution in [0.15, 0.2) is 0 Å². The standard InChI is InChI=1S/C13H29N3O2S/c1-6-13(2,3)15(5)19(17,18)16-10-8-7-9-12(16)11-14-4/h12,14H,6-11H2,1-5H3. The van der Waals surface area contributed by atoms with Gasteiger partial charge < -0.3 is 5.32 Å². The van der Waals surface area contributed by atoms with Crippen LogP contribution in [-0.2, 0) is 10.2 Å². The topological polar surface area (TPSA) is 52.7 Å². The highest BCUT2D eigenvalue weighted by Crippen LogP contribution is 2.27. The van der Waals surface area contributed by atoms with Crippen molar-refractivity contribution in [2.24, 2.45) is 0 Å². The molecule has 114 valence electrons. The molecule has 1 aliphatic rings. The fraction of sp³-hybridized carbons (Fsp3) is 1.00. The van der Waals surface area contributed by atoms with Crippen LogP contribution in [0.5, 0.6) is 0 Å². The normalized spacial score (nSPS) is 22.9. The predicted octanol–water partition coefficient (Wildman–Crippen LogP) is 1.43. The van der Waals surface area contributed by atoms with Gasteiger partial charge in [-0.25, -0.2) is 0 Å². The minimum atomic E-state index is -3.38. The molecule has 0 aromatic carbocycles. The van der Waals surface area contributed by atoms with Crippen LogP contribution in [0.25, 0.3) is 0 Å². The van der Waals surface area contributed by atoms with Gasteiger partial charge in [-0.1, -0.05) is 13.3 Å². The van der Waals surface area contributed by atoms with E-state index in [0.29, 0.717) is 6.54 Å². The van der Waals surface area contributed by atoms with Gasteiger partial charge in [0.1, 0.15) is 0 Å². The van der Waals surface area contributed by atoms with Crippen molar-refractivity contribution < 1.29 is 8.42 Å². The van der Waals surface area contributed by atoms with Crippen LogP contribution in [0, 0.1) is 0 Å². The van der Waals surface area contributed by atoms with Crippen LogP contribution in [0.4, 0.5) is 0 Å². The Hall–Kier alpha value is -0.170. The molecule has 0 radical (unpaired) electrons. The lowest BCUT2D eigenvalue weighted by Gasteiger charge is -2.41. The Labute approximate surface area is 118 Å². The minimum absolute atomic E-state index is 0.0823. The van der Waals surface area contributed by atoms with Crippen molar-refractivity contribution in [1.82, 2.24) is 13.9 Å². The lowest BCUT2D eigenvalue weighted by molar-refractivity contribution is 0.196. The molecule has 5 nitrogen and oxygen atoms in total. The molecule has 1 fully saturated rings. The summed E-state index contributed by atoms with van der Waals surface area (Å²) in [5, 5.41) is 3.11. The first-order valence-corrected chi connectivity index (χ1v) is 8.57. The van der Waals surface area contributed by atoms with Gasteiger partial charge in [0.05, 0.1) is 0 Å². The molecular formula is C13H29N3O2S.